The van der Waals surface area contributed by atoms with Crippen molar-refractivity contribution in [2.75, 3.05) is 11.8 Å². The van der Waals surface area contributed by atoms with Crippen molar-refractivity contribution in [1.82, 2.24) is 19.3 Å². The Morgan fingerprint density at radius 2 is 1.89 bits per heavy atom. The molecule has 0 aromatic carbocycles. The minimum absolute atomic E-state index is 0.0674. The lowest BCUT2D eigenvalue weighted by Crippen LogP contribution is -2.20. The van der Waals surface area contributed by atoms with E-state index in [1.54, 1.807) is 21.8 Å². The normalized spacial score (nSPS) is 11.2. The van der Waals surface area contributed by atoms with Crippen LogP contribution >= 0.6 is 23.2 Å². The van der Waals surface area contributed by atoms with E-state index in [1.165, 1.54) is 0 Å². The summed E-state index contributed by atoms with van der Waals surface area (Å²) in [6, 6.07) is 0. The summed E-state index contributed by atoms with van der Waals surface area (Å²) in [6.07, 6.45) is 4.66. The van der Waals surface area contributed by atoms with Gasteiger partial charge in [0, 0.05) is 24.8 Å². The Morgan fingerprint density at radius 3 is 2.61 bits per heavy atom. The average molecular weight is 289 g/mol. The number of rotatable bonds is 6. The SMILES string of the molecule is O=c1c2cnn(CCCCl)c2ncn1CCCCl. The Balaban J connectivity index is 2.34. The second-order valence-corrected chi connectivity index (χ2v) is 4.69. The highest BCUT2D eigenvalue weighted by atomic mass is 35.5. The zero-order chi connectivity index (χ0) is 13.0. The fraction of sp³-hybridized carbons (Fsp3) is 0.545. The fourth-order valence-electron chi connectivity index (χ4n) is 1.76. The second-order valence-electron chi connectivity index (χ2n) is 3.93. The molecule has 7 heteroatoms. The highest BCUT2D eigenvalue weighted by molar-refractivity contribution is 6.18. The zero-order valence-electron chi connectivity index (χ0n) is 9.85. The molecule has 0 radical (unpaired) electrons. The molecule has 98 valence electrons. The van der Waals surface area contributed by atoms with E-state index < -0.39 is 0 Å². The van der Waals surface area contributed by atoms with Crippen LogP contribution in [0.4, 0.5) is 0 Å². The van der Waals surface area contributed by atoms with Crippen molar-refractivity contribution in [1.29, 1.82) is 0 Å². The molecule has 0 unspecified atom stereocenters. The number of aryl methyl sites for hydroxylation is 2. The first-order valence-electron chi connectivity index (χ1n) is 5.81. The predicted molar refractivity (Wildman–Crippen MR) is 72.5 cm³/mol. The van der Waals surface area contributed by atoms with Crippen molar-refractivity contribution in [2.24, 2.45) is 0 Å². The van der Waals surface area contributed by atoms with Gasteiger partial charge in [-0.05, 0) is 12.8 Å². The molecule has 0 N–H and O–H groups in total. The summed E-state index contributed by atoms with van der Waals surface area (Å²) in [5.41, 5.74) is 0.550. The van der Waals surface area contributed by atoms with Crippen molar-refractivity contribution >= 4 is 34.2 Å². The van der Waals surface area contributed by atoms with Gasteiger partial charge in [-0.15, -0.1) is 23.2 Å². The summed E-state index contributed by atoms with van der Waals surface area (Å²) in [4.78, 5) is 16.4. The van der Waals surface area contributed by atoms with Gasteiger partial charge in [-0.1, -0.05) is 0 Å². The van der Waals surface area contributed by atoms with Crippen LogP contribution in [0.25, 0.3) is 11.0 Å². The van der Waals surface area contributed by atoms with Crippen LogP contribution in [-0.4, -0.2) is 31.1 Å². The molecule has 0 spiro atoms. The summed E-state index contributed by atoms with van der Waals surface area (Å²) >= 11 is 11.3. The molecule has 0 aliphatic rings. The van der Waals surface area contributed by atoms with Gasteiger partial charge in [0.2, 0.25) is 0 Å². The minimum atomic E-state index is -0.0674. The van der Waals surface area contributed by atoms with Crippen LogP contribution in [0.1, 0.15) is 12.8 Å². The molecule has 0 bridgehead atoms. The topological polar surface area (TPSA) is 52.7 Å². The number of aromatic nitrogens is 4. The molecule has 2 rings (SSSR count). The van der Waals surface area contributed by atoms with E-state index in [0.29, 0.717) is 35.9 Å². The van der Waals surface area contributed by atoms with Crippen LogP contribution in [0.2, 0.25) is 0 Å². The van der Waals surface area contributed by atoms with Gasteiger partial charge in [0.1, 0.15) is 5.39 Å². The quantitative estimate of drug-likeness (QED) is 0.763. The van der Waals surface area contributed by atoms with Crippen LogP contribution in [0.3, 0.4) is 0 Å². The summed E-state index contributed by atoms with van der Waals surface area (Å²) in [6.45, 7) is 1.25. The average Bonchev–Trinajstić information content (AvgIpc) is 2.79. The Labute approximate surface area is 114 Å². The lowest BCUT2D eigenvalue weighted by Gasteiger charge is -2.04. The predicted octanol–water partition coefficient (Wildman–Crippen LogP) is 1.85. The number of hydrogen-bond donors (Lipinski definition) is 0. The van der Waals surface area contributed by atoms with E-state index in [-0.39, 0.29) is 5.56 Å². The molecule has 0 aliphatic carbocycles. The highest BCUT2D eigenvalue weighted by Gasteiger charge is 2.09. The maximum Gasteiger partial charge on any atom is 0.264 e. The lowest BCUT2D eigenvalue weighted by molar-refractivity contribution is 0.613. The van der Waals surface area contributed by atoms with E-state index in [4.69, 9.17) is 23.2 Å². The van der Waals surface area contributed by atoms with Gasteiger partial charge in [-0.3, -0.25) is 9.36 Å². The molecule has 0 atom stereocenters. The van der Waals surface area contributed by atoms with Gasteiger partial charge in [-0.25, -0.2) is 9.67 Å². The van der Waals surface area contributed by atoms with Crippen molar-refractivity contribution in [3.8, 4) is 0 Å². The number of halogens is 2. The second kappa shape index (κ2) is 6.20. The van der Waals surface area contributed by atoms with Gasteiger partial charge >= 0.3 is 0 Å². The van der Waals surface area contributed by atoms with Gasteiger partial charge in [0.15, 0.2) is 5.65 Å². The van der Waals surface area contributed by atoms with Gasteiger partial charge in [-0.2, -0.15) is 5.10 Å². The Bertz CT molecular complexity index is 578. The van der Waals surface area contributed by atoms with Crippen molar-refractivity contribution in [2.45, 2.75) is 25.9 Å². The van der Waals surface area contributed by atoms with E-state index in [0.717, 1.165) is 12.8 Å². The molecule has 0 amide bonds. The monoisotopic (exact) mass is 288 g/mol. The maximum absolute atomic E-state index is 12.1. The fourth-order valence-corrected chi connectivity index (χ4v) is 2.00. The number of nitrogens with zero attached hydrogens (tertiary/aromatic N) is 4. The standard InChI is InChI=1S/C11H14Cl2N4O/c12-3-1-5-16-8-14-10-9(11(16)18)7-15-17(10)6-2-4-13/h7-8H,1-6H2. The molecule has 2 aromatic heterocycles. The molecular weight excluding hydrogens is 275 g/mol. The molecule has 18 heavy (non-hydrogen) atoms. The van der Waals surface area contributed by atoms with E-state index in [1.807, 2.05) is 0 Å². The third kappa shape index (κ3) is 2.67. The Kier molecular flexibility index (Phi) is 4.60. The smallest absolute Gasteiger partial charge is 0.264 e. The molecule has 2 heterocycles. The first-order valence-corrected chi connectivity index (χ1v) is 6.87. The summed E-state index contributed by atoms with van der Waals surface area (Å²) in [7, 11) is 0. The summed E-state index contributed by atoms with van der Waals surface area (Å²) in [5, 5.41) is 4.71. The zero-order valence-corrected chi connectivity index (χ0v) is 11.4. The van der Waals surface area contributed by atoms with Crippen molar-refractivity contribution in [3.05, 3.63) is 22.9 Å². The first-order chi connectivity index (χ1) is 8.77. The third-order valence-corrected chi connectivity index (χ3v) is 3.19. The summed E-state index contributed by atoms with van der Waals surface area (Å²) in [5.74, 6) is 1.09. The molecular formula is C11H14Cl2N4O. The van der Waals surface area contributed by atoms with Crippen LogP contribution in [-0.2, 0) is 13.1 Å². The molecule has 0 aliphatic heterocycles. The van der Waals surface area contributed by atoms with E-state index >= 15 is 0 Å². The number of fused-ring (bicyclic) bond motifs is 1. The van der Waals surface area contributed by atoms with Crippen molar-refractivity contribution < 1.29 is 0 Å². The first kappa shape index (κ1) is 13.4. The summed E-state index contributed by atoms with van der Waals surface area (Å²) < 4.78 is 3.28. The number of hydrogen-bond acceptors (Lipinski definition) is 3. The molecule has 0 saturated carbocycles. The van der Waals surface area contributed by atoms with Crippen LogP contribution < -0.4 is 5.56 Å². The van der Waals surface area contributed by atoms with Crippen LogP contribution in [0.5, 0.6) is 0 Å². The van der Waals surface area contributed by atoms with Crippen LogP contribution in [0.15, 0.2) is 17.3 Å². The van der Waals surface area contributed by atoms with E-state index in [2.05, 4.69) is 10.1 Å². The maximum atomic E-state index is 12.1. The Hall–Kier alpha value is -1.07. The highest BCUT2D eigenvalue weighted by Crippen LogP contribution is 2.06. The molecule has 5 nitrogen and oxygen atoms in total. The largest absolute Gasteiger partial charge is 0.299 e. The minimum Gasteiger partial charge on any atom is -0.299 e. The van der Waals surface area contributed by atoms with Gasteiger partial charge < -0.3 is 0 Å². The van der Waals surface area contributed by atoms with E-state index in [9.17, 15) is 4.79 Å². The number of alkyl halides is 2. The van der Waals surface area contributed by atoms with Crippen molar-refractivity contribution in [3.63, 3.8) is 0 Å². The molecule has 0 fully saturated rings. The molecule has 0 saturated heterocycles. The van der Waals surface area contributed by atoms with Crippen LogP contribution in [0, 0.1) is 0 Å². The van der Waals surface area contributed by atoms with Gasteiger partial charge in [0.25, 0.3) is 5.56 Å². The van der Waals surface area contributed by atoms with Gasteiger partial charge in [0.05, 0.1) is 12.5 Å². The Morgan fingerprint density at radius 1 is 1.17 bits per heavy atom. The molecule has 2 aromatic rings. The lowest BCUT2D eigenvalue weighted by atomic mass is 10.4. The third-order valence-electron chi connectivity index (χ3n) is 2.66.